The largest absolute Gasteiger partial charge is 0.480 e. The van der Waals surface area contributed by atoms with Gasteiger partial charge in [0.2, 0.25) is 5.41 Å². The van der Waals surface area contributed by atoms with Crippen LogP contribution in [0.15, 0.2) is 60.9 Å². The van der Waals surface area contributed by atoms with Gasteiger partial charge in [-0.25, -0.2) is 0 Å². The zero-order valence-corrected chi connectivity index (χ0v) is 14.9. The number of carbonyl (C=O) groups excluding carboxylic acids is 1. The number of aromatic nitrogens is 1. The van der Waals surface area contributed by atoms with Crippen molar-refractivity contribution in [3.63, 3.8) is 0 Å². The number of rotatable bonds is 4. The number of hydrogen-bond donors (Lipinski definition) is 4. The Hall–Kier alpha value is -4.20. The van der Waals surface area contributed by atoms with Gasteiger partial charge in [0.1, 0.15) is 0 Å². The van der Waals surface area contributed by atoms with Gasteiger partial charge in [-0.05, 0) is 28.8 Å². The zero-order valence-electron chi connectivity index (χ0n) is 14.9. The van der Waals surface area contributed by atoms with Crippen molar-refractivity contribution in [3.8, 4) is 11.1 Å². The lowest BCUT2D eigenvalue weighted by molar-refractivity contribution is -0.154. The molecular weight excluding hydrogens is 374 g/mol. The molecule has 1 aromatic heterocycles. The van der Waals surface area contributed by atoms with E-state index in [9.17, 15) is 24.6 Å². The number of nitrogens with zero attached hydrogens (tertiary/aromatic N) is 1. The Morgan fingerprint density at radius 1 is 0.931 bits per heavy atom. The number of fused-ring (bicyclic) bond motifs is 3. The third-order valence-corrected chi connectivity index (χ3v) is 5.06. The molecule has 1 aliphatic rings. The summed E-state index contributed by atoms with van der Waals surface area (Å²) in [5.41, 5.74) is 5.10. The highest BCUT2D eigenvalue weighted by Crippen LogP contribution is 2.50. The topological polar surface area (TPSA) is 143 Å². The molecule has 0 saturated carbocycles. The number of amides is 1. The van der Waals surface area contributed by atoms with E-state index in [1.165, 1.54) is 42.7 Å². The maximum Gasteiger partial charge on any atom is 0.330 e. The number of carbonyl (C=O) groups is 3. The molecule has 29 heavy (non-hydrogen) atoms. The van der Waals surface area contributed by atoms with Gasteiger partial charge in [-0.2, -0.15) is 0 Å². The Morgan fingerprint density at radius 3 is 2.31 bits per heavy atom. The van der Waals surface area contributed by atoms with Crippen LogP contribution in [0.4, 0.5) is 11.4 Å². The van der Waals surface area contributed by atoms with Crippen molar-refractivity contribution in [3.05, 3.63) is 77.6 Å². The third-order valence-electron chi connectivity index (χ3n) is 5.06. The van der Waals surface area contributed by atoms with E-state index in [1.54, 1.807) is 18.2 Å². The van der Waals surface area contributed by atoms with Crippen molar-refractivity contribution in [1.29, 1.82) is 0 Å². The first-order valence-electron chi connectivity index (χ1n) is 8.60. The molecule has 0 saturated heterocycles. The Bertz CT molecular complexity index is 1170. The molecule has 0 unspecified atom stereocenters. The van der Waals surface area contributed by atoms with Gasteiger partial charge in [0.25, 0.3) is 5.91 Å². The summed E-state index contributed by atoms with van der Waals surface area (Å²) in [6, 6.07) is 12.2. The van der Waals surface area contributed by atoms with Crippen molar-refractivity contribution < 1.29 is 24.6 Å². The first-order chi connectivity index (χ1) is 13.9. The van der Waals surface area contributed by atoms with E-state index < -0.39 is 23.3 Å². The first kappa shape index (κ1) is 18.2. The Balaban J connectivity index is 1.94. The summed E-state index contributed by atoms with van der Waals surface area (Å²) in [7, 11) is 0. The van der Waals surface area contributed by atoms with E-state index >= 15 is 0 Å². The molecule has 0 fully saturated rings. The van der Waals surface area contributed by atoms with Crippen molar-refractivity contribution in [2.24, 2.45) is 0 Å². The quantitative estimate of drug-likeness (QED) is 0.502. The summed E-state index contributed by atoms with van der Waals surface area (Å²) in [5, 5.41) is 22.5. The number of carboxylic acids is 2. The van der Waals surface area contributed by atoms with E-state index in [2.05, 4.69) is 10.3 Å². The second kappa shape index (κ2) is 6.45. The fraction of sp³-hybridized carbons (Fsp3) is 0.0476. The SMILES string of the molecule is Nc1cnccc1NC(=O)c1cccc2c1-c1ccccc1C2(C(=O)O)C(=O)O. The van der Waals surface area contributed by atoms with E-state index in [0.717, 1.165) is 0 Å². The molecule has 0 atom stereocenters. The summed E-state index contributed by atoms with van der Waals surface area (Å²) in [4.78, 5) is 41.3. The minimum absolute atomic E-state index is 0.0362. The van der Waals surface area contributed by atoms with Gasteiger partial charge < -0.3 is 21.3 Å². The standard InChI is InChI=1S/C21H15N3O5/c22-15-10-23-9-8-16(15)24-18(25)12-5-3-7-14-17(12)11-4-1-2-6-13(11)21(14,19(26)27)20(28)29/h1-10H,22H2,(H,26,27)(H,28,29)(H,23,24,25). The molecule has 2 aromatic carbocycles. The smallest absolute Gasteiger partial charge is 0.330 e. The highest BCUT2D eigenvalue weighted by Gasteiger charge is 2.56. The molecule has 3 aromatic rings. The minimum Gasteiger partial charge on any atom is -0.480 e. The number of carboxylic acid groups (broad SMARTS) is 2. The van der Waals surface area contributed by atoms with Crippen LogP contribution in [-0.2, 0) is 15.0 Å². The lowest BCUT2D eigenvalue weighted by Gasteiger charge is -2.22. The van der Waals surface area contributed by atoms with Crippen LogP contribution in [-0.4, -0.2) is 33.0 Å². The van der Waals surface area contributed by atoms with Gasteiger partial charge in [-0.1, -0.05) is 36.4 Å². The monoisotopic (exact) mass is 389 g/mol. The van der Waals surface area contributed by atoms with Crippen molar-refractivity contribution >= 4 is 29.2 Å². The summed E-state index contributed by atoms with van der Waals surface area (Å²) in [5.74, 6) is -3.58. The number of benzene rings is 2. The summed E-state index contributed by atoms with van der Waals surface area (Å²) < 4.78 is 0. The fourth-order valence-corrected chi connectivity index (χ4v) is 3.78. The Labute approximate surface area is 164 Å². The average Bonchev–Trinajstić information content (AvgIpc) is 3.01. The normalized spacial score (nSPS) is 13.2. The van der Waals surface area contributed by atoms with Gasteiger partial charge >= 0.3 is 11.9 Å². The van der Waals surface area contributed by atoms with E-state index in [-0.39, 0.29) is 27.9 Å². The maximum absolute atomic E-state index is 13.0. The molecule has 1 aliphatic carbocycles. The summed E-state index contributed by atoms with van der Waals surface area (Å²) in [6.45, 7) is 0. The van der Waals surface area contributed by atoms with Crippen molar-refractivity contribution in [2.45, 2.75) is 5.41 Å². The minimum atomic E-state index is -2.29. The second-order valence-electron chi connectivity index (χ2n) is 6.55. The average molecular weight is 389 g/mol. The molecule has 144 valence electrons. The van der Waals surface area contributed by atoms with Gasteiger partial charge in [-0.3, -0.25) is 19.4 Å². The lowest BCUT2D eigenvalue weighted by atomic mass is 9.78. The number of hydrogen-bond acceptors (Lipinski definition) is 5. The molecular formula is C21H15N3O5. The first-order valence-corrected chi connectivity index (χ1v) is 8.60. The van der Waals surface area contributed by atoms with Gasteiger partial charge in [0.05, 0.1) is 17.6 Å². The number of aliphatic carboxylic acids is 2. The second-order valence-corrected chi connectivity index (χ2v) is 6.55. The number of nitrogen functional groups attached to an aromatic ring is 1. The van der Waals surface area contributed by atoms with Crippen LogP contribution in [0.2, 0.25) is 0 Å². The maximum atomic E-state index is 13.0. The predicted octanol–water partition coefficient (Wildman–Crippen LogP) is 2.35. The Morgan fingerprint density at radius 2 is 1.62 bits per heavy atom. The summed E-state index contributed by atoms with van der Waals surface area (Å²) >= 11 is 0. The van der Waals surface area contributed by atoms with Crippen LogP contribution in [0.25, 0.3) is 11.1 Å². The molecule has 0 bridgehead atoms. The van der Waals surface area contributed by atoms with Crippen molar-refractivity contribution in [1.82, 2.24) is 4.98 Å². The van der Waals surface area contributed by atoms with E-state index in [0.29, 0.717) is 11.3 Å². The van der Waals surface area contributed by atoms with Gasteiger partial charge in [0.15, 0.2) is 0 Å². The highest BCUT2D eigenvalue weighted by atomic mass is 16.4. The molecule has 1 heterocycles. The number of pyridine rings is 1. The van der Waals surface area contributed by atoms with Crippen LogP contribution in [0.5, 0.6) is 0 Å². The third kappa shape index (κ3) is 2.46. The fourth-order valence-electron chi connectivity index (χ4n) is 3.78. The molecule has 4 rings (SSSR count). The lowest BCUT2D eigenvalue weighted by Crippen LogP contribution is -2.43. The molecule has 0 radical (unpaired) electrons. The number of nitrogens with two attached hydrogens (primary N) is 1. The molecule has 0 spiro atoms. The molecule has 1 amide bonds. The number of nitrogens with one attached hydrogen (secondary N) is 1. The molecule has 8 heteroatoms. The molecule has 0 aliphatic heterocycles. The van der Waals surface area contributed by atoms with Crippen LogP contribution < -0.4 is 11.1 Å². The van der Waals surface area contributed by atoms with Crippen molar-refractivity contribution in [2.75, 3.05) is 11.1 Å². The van der Waals surface area contributed by atoms with Gasteiger partial charge in [0, 0.05) is 17.3 Å². The van der Waals surface area contributed by atoms with Gasteiger partial charge in [-0.15, -0.1) is 0 Å². The highest BCUT2D eigenvalue weighted by molar-refractivity contribution is 6.18. The van der Waals surface area contributed by atoms with E-state index in [4.69, 9.17) is 5.73 Å². The van der Waals surface area contributed by atoms with Crippen LogP contribution in [0.3, 0.4) is 0 Å². The van der Waals surface area contributed by atoms with E-state index in [1.807, 2.05) is 0 Å². The van der Waals surface area contributed by atoms with Crippen LogP contribution in [0.1, 0.15) is 21.5 Å². The van der Waals surface area contributed by atoms with Crippen LogP contribution >= 0.6 is 0 Å². The van der Waals surface area contributed by atoms with Crippen LogP contribution in [0, 0.1) is 0 Å². The molecule has 5 N–H and O–H groups in total. The number of anilines is 2. The predicted molar refractivity (Wildman–Crippen MR) is 105 cm³/mol. The summed E-state index contributed by atoms with van der Waals surface area (Å²) in [6.07, 6.45) is 2.86. The zero-order chi connectivity index (χ0) is 20.8. The Kier molecular flexibility index (Phi) is 4.04. The molecule has 8 nitrogen and oxygen atoms in total.